The standard InChI is InChI=1S/C16H26N2O2/c1-13(2)12-20-15-7-5-14(6-8-15)11-16(19)18(4)10-9-17-3/h5-8,13,17H,9-12H2,1-4H3. The third kappa shape index (κ3) is 6.06. The van der Waals surface area contributed by atoms with Gasteiger partial charge in [0.15, 0.2) is 0 Å². The number of amides is 1. The van der Waals surface area contributed by atoms with Crippen LogP contribution in [0.4, 0.5) is 0 Å². The number of rotatable bonds is 8. The molecule has 0 bridgehead atoms. The van der Waals surface area contributed by atoms with Crippen LogP contribution in [0.2, 0.25) is 0 Å². The Bertz CT molecular complexity index is 401. The van der Waals surface area contributed by atoms with E-state index in [1.807, 2.05) is 38.4 Å². The average molecular weight is 278 g/mol. The Kier molecular flexibility index (Phi) is 7.09. The average Bonchev–Trinajstić information content (AvgIpc) is 2.43. The zero-order valence-corrected chi connectivity index (χ0v) is 13.0. The van der Waals surface area contributed by atoms with E-state index in [9.17, 15) is 4.79 Å². The Hall–Kier alpha value is -1.55. The molecule has 1 aromatic rings. The van der Waals surface area contributed by atoms with Crippen molar-refractivity contribution >= 4 is 5.91 Å². The van der Waals surface area contributed by atoms with Crippen molar-refractivity contribution < 1.29 is 9.53 Å². The van der Waals surface area contributed by atoms with Crippen molar-refractivity contribution in [1.82, 2.24) is 10.2 Å². The van der Waals surface area contributed by atoms with E-state index in [-0.39, 0.29) is 5.91 Å². The van der Waals surface area contributed by atoms with Crippen LogP contribution in [0.25, 0.3) is 0 Å². The molecular formula is C16H26N2O2. The van der Waals surface area contributed by atoms with Crippen LogP contribution in [0, 0.1) is 5.92 Å². The van der Waals surface area contributed by atoms with Gasteiger partial charge in [0.2, 0.25) is 5.91 Å². The maximum atomic E-state index is 12.0. The summed E-state index contributed by atoms with van der Waals surface area (Å²) in [6, 6.07) is 7.77. The van der Waals surface area contributed by atoms with Gasteiger partial charge in [-0.3, -0.25) is 4.79 Å². The van der Waals surface area contributed by atoms with E-state index >= 15 is 0 Å². The van der Waals surface area contributed by atoms with Crippen molar-refractivity contribution in [3.63, 3.8) is 0 Å². The quantitative estimate of drug-likeness (QED) is 0.790. The third-order valence-corrected chi connectivity index (χ3v) is 2.99. The van der Waals surface area contributed by atoms with Gasteiger partial charge in [0.05, 0.1) is 13.0 Å². The molecule has 1 N–H and O–H groups in total. The minimum Gasteiger partial charge on any atom is -0.493 e. The van der Waals surface area contributed by atoms with Crippen LogP contribution in [-0.2, 0) is 11.2 Å². The van der Waals surface area contributed by atoms with Crippen LogP contribution in [-0.4, -0.2) is 44.6 Å². The molecule has 1 aromatic carbocycles. The summed E-state index contributed by atoms with van der Waals surface area (Å²) in [6.07, 6.45) is 0.435. The first-order valence-corrected chi connectivity index (χ1v) is 7.13. The number of nitrogens with one attached hydrogen (secondary N) is 1. The number of likely N-dealkylation sites (N-methyl/N-ethyl adjacent to an activating group) is 2. The molecule has 20 heavy (non-hydrogen) atoms. The van der Waals surface area contributed by atoms with Gasteiger partial charge in [-0.05, 0) is 30.7 Å². The molecule has 0 aromatic heterocycles. The fourth-order valence-electron chi connectivity index (χ4n) is 1.68. The zero-order chi connectivity index (χ0) is 15.0. The van der Waals surface area contributed by atoms with Gasteiger partial charge < -0.3 is 15.0 Å². The minimum absolute atomic E-state index is 0.135. The first-order chi connectivity index (χ1) is 9.52. The van der Waals surface area contributed by atoms with Crippen LogP contribution in [0.15, 0.2) is 24.3 Å². The van der Waals surface area contributed by atoms with E-state index in [0.717, 1.165) is 24.4 Å². The minimum atomic E-state index is 0.135. The molecule has 0 fully saturated rings. The summed E-state index contributed by atoms with van der Waals surface area (Å²) >= 11 is 0. The van der Waals surface area contributed by atoms with Gasteiger partial charge in [-0.2, -0.15) is 0 Å². The molecule has 0 atom stereocenters. The number of ether oxygens (including phenoxy) is 1. The van der Waals surface area contributed by atoms with Crippen molar-refractivity contribution in [2.45, 2.75) is 20.3 Å². The molecule has 1 amide bonds. The zero-order valence-electron chi connectivity index (χ0n) is 13.0. The molecule has 0 aliphatic rings. The fraction of sp³-hybridized carbons (Fsp3) is 0.562. The molecule has 1 rings (SSSR count). The van der Waals surface area contributed by atoms with Crippen LogP contribution >= 0.6 is 0 Å². The second kappa shape index (κ2) is 8.59. The summed E-state index contributed by atoms with van der Waals surface area (Å²) in [5, 5.41) is 3.04. The highest BCUT2D eigenvalue weighted by molar-refractivity contribution is 5.78. The lowest BCUT2D eigenvalue weighted by molar-refractivity contribution is -0.129. The number of carbonyl (C=O) groups is 1. The van der Waals surface area contributed by atoms with Gasteiger partial charge in [-0.15, -0.1) is 0 Å². The summed E-state index contributed by atoms with van der Waals surface area (Å²) in [6.45, 7) is 6.49. The van der Waals surface area contributed by atoms with Crippen LogP contribution < -0.4 is 10.1 Å². The Morgan fingerprint density at radius 3 is 2.50 bits per heavy atom. The van der Waals surface area contributed by atoms with Gasteiger partial charge in [0.25, 0.3) is 0 Å². The third-order valence-electron chi connectivity index (χ3n) is 2.99. The van der Waals surface area contributed by atoms with Crippen LogP contribution in [0.5, 0.6) is 5.75 Å². The normalized spacial score (nSPS) is 10.7. The molecule has 4 nitrogen and oxygen atoms in total. The molecule has 4 heteroatoms. The lowest BCUT2D eigenvalue weighted by atomic mass is 10.1. The largest absolute Gasteiger partial charge is 0.493 e. The molecule has 0 spiro atoms. The Morgan fingerprint density at radius 2 is 1.95 bits per heavy atom. The summed E-state index contributed by atoms with van der Waals surface area (Å²) in [5.74, 6) is 1.51. The first-order valence-electron chi connectivity index (χ1n) is 7.13. The van der Waals surface area contributed by atoms with E-state index in [0.29, 0.717) is 18.9 Å². The molecule has 0 radical (unpaired) electrons. The predicted molar refractivity (Wildman–Crippen MR) is 82.0 cm³/mol. The topological polar surface area (TPSA) is 41.6 Å². The monoisotopic (exact) mass is 278 g/mol. The van der Waals surface area contributed by atoms with Crippen molar-refractivity contribution in [2.24, 2.45) is 5.92 Å². The fourth-order valence-corrected chi connectivity index (χ4v) is 1.68. The molecular weight excluding hydrogens is 252 g/mol. The number of nitrogens with zero attached hydrogens (tertiary/aromatic N) is 1. The summed E-state index contributed by atoms with van der Waals surface area (Å²) in [4.78, 5) is 13.7. The Balaban J connectivity index is 2.46. The van der Waals surface area contributed by atoms with Crippen molar-refractivity contribution in [2.75, 3.05) is 33.8 Å². The summed E-state index contributed by atoms with van der Waals surface area (Å²) in [7, 11) is 3.72. The van der Waals surface area contributed by atoms with Crippen LogP contribution in [0.1, 0.15) is 19.4 Å². The Labute approximate surface area is 122 Å². The van der Waals surface area contributed by atoms with Crippen molar-refractivity contribution in [1.29, 1.82) is 0 Å². The summed E-state index contributed by atoms with van der Waals surface area (Å²) in [5.41, 5.74) is 1.02. The van der Waals surface area contributed by atoms with E-state index in [2.05, 4.69) is 19.2 Å². The highest BCUT2D eigenvalue weighted by atomic mass is 16.5. The Morgan fingerprint density at radius 1 is 1.30 bits per heavy atom. The van der Waals surface area contributed by atoms with Gasteiger partial charge in [-0.25, -0.2) is 0 Å². The lowest BCUT2D eigenvalue weighted by Crippen LogP contribution is -2.33. The second-order valence-corrected chi connectivity index (χ2v) is 5.44. The molecule has 0 saturated carbocycles. The first kappa shape index (κ1) is 16.5. The van der Waals surface area contributed by atoms with E-state index < -0.39 is 0 Å². The smallest absolute Gasteiger partial charge is 0.226 e. The van der Waals surface area contributed by atoms with Crippen molar-refractivity contribution in [3.05, 3.63) is 29.8 Å². The number of hydrogen-bond donors (Lipinski definition) is 1. The molecule has 0 saturated heterocycles. The number of hydrogen-bond acceptors (Lipinski definition) is 3. The lowest BCUT2D eigenvalue weighted by Gasteiger charge is -2.17. The molecule has 112 valence electrons. The highest BCUT2D eigenvalue weighted by Crippen LogP contribution is 2.14. The molecule has 0 unspecified atom stereocenters. The molecule has 0 aliphatic heterocycles. The van der Waals surface area contributed by atoms with Gasteiger partial charge in [0, 0.05) is 20.1 Å². The maximum Gasteiger partial charge on any atom is 0.226 e. The molecule has 0 aliphatic carbocycles. The molecule has 0 heterocycles. The summed E-state index contributed by atoms with van der Waals surface area (Å²) < 4.78 is 5.62. The van der Waals surface area contributed by atoms with Crippen molar-refractivity contribution in [3.8, 4) is 5.75 Å². The van der Waals surface area contributed by atoms with E-state index in [1.54, 1.807) is 4.90 Å². The predicted octanol–water partition coefficient (Wildman–Crippen LogP) is 1.94. The number of benzene rings is 1. The van der Waals surface area contributed by atoms with E-state index in [1.165, 1.54) is 0 Å². The second-order valence-electron chi connectivity index (χ2n) is 5.44. The van der Waals surface area contributed by atoms with Gasteiger partial charge in [0.1, 0.15) is 5.75 Å². The van der Waals surface area contributed by atoms with Gasteiger partial charge in [-0.1, -0.05) is 26.0 Å². The SMILES string of the molecule is CNCCN(C)C(=O)Cc1ccc(OCC(C)C)cc1. The van der Waals surface area contributed by atoms with E-state index in [4.69, 9.17) is 4.74 Å². The maximum absolute atomic E-state index is 12.0. The highest BCUT2D eigenvalue weighted by Gasteiger charge is 2.09. The van der Waals surface area contributed by atoms with Gasteiger partial charge >= 0.3 is 0 Å². The number of carbonyl (C=O) groups excluding carboxylic acids is 1. The van der Waals surface area contributed by atoms with Crippen LogP contribution in [0.3, 0.4) is 0 Å².